The molecule has 2 N–H and O–H groups in total. The fourth-order valence-corrected chi connectivity index (χ4v) is 3.55. The molecule has 0 amide bonds. The first-order chi connectivity index (χ1) is 9.15. The van der Waals surface area contributed by atoms with Crippen molar-refractivity contribution >= 4 is 28.8 Å². The number of rotatable bonds is 2. The van der Waals surface area contributed by atoms with Gasteiger partial charge in [0.15, 0.2) is 0 Å². The van der Waals surface area contributed by atoms with E-state index in [1.807, 2.05) is 0 Å². The SMILES string of the molecule is Cc1sc(-c2cc(N)ncc2Cl)nc1C1CCOC1. The van der Waals surface area contributed by atoms with E-state index in [0.717, 1.165) is 35.9 Å². The summed E-state index contributed by atoms with van der Waals surface area (Å²) in [5.41, 5.74) is 7.70. The summed E-state index contributed by atoms with van der Waals surface area (Å²) in [4.78, 5) is 9.93. The van der Waals surface area contributed by atoms with Crippen LogP contribution in [0.5, 0.6) is 0 Å². The number of ether oxygens (including phenoxy) is 1. The third-order valence-corrected chi connectivity index (χ3v) is 4.58. The summed E-state index contributed by atoms with van der Waals surface area (Å²) in [6.07, 6.45) is 2.61. The predicted molar refractivity (Wildman–Crippen MR) is 77.7 cm³/mol. The molecule has 1 fully saturated rings. The van der Waals surface area contributed by atoms with E-state index in [9.17, 15) is 0 Å². The van der Waals surface area contributed by atoms with Crippen molar-refractivity contribution < 1.29 is 4.74 Å². The number of pyridine rings is 1. The second kappa shape index (κ2) is 5.07. The maximum atomic E-state index is 6.18. The van der Waals surface area contributed by atoms with E-state index in [0.29, 0.717) is 16.8 Å². The quantitative estimate of drug-likeness (QED) is 0.924. The van der Waals surface area contributed by atoms with Crippen LogP contribution in [0, 0.1) is 6.92 Å². The smallest absolute Gasteiger partial charge is 0.125 e. The molecule has 1 aliphatic heterocycles. The van der Waals surface area contributed by atoms with Gasteiger partial charge in [0.25, 0.3) is 0 Å². The molecule has 100 valence electrons. The summed E-state index contributed by atoms with van der Waals surface area (Å²) < 4.78 is 5.43. The Hall–Kier alpha value is -1.17. The maximum absolute atomic E-state index is 6.18. The first-order valence-electron chi connectivity index (χ1n) is 6.11. The lowest BCUT2D eigenvalue weighted by Gasteiger charge is -2.04. The number of aromatic nitrogens is 2. The van der Waals surface area contributed by atoms with E-state index >= 15 is 0 Å². The van der Waals surface area contributed by atoms with Gasteiger partial charge in [0, 0.05) is 29.2 Å². The molecule has 2 aromatic rings. The van der Waals surface area contributed by atoms with Gasteiger partial charge in [-0.2, -0.15) is 0 Å². The summed E-state index contributed by atoms with van der Waals surface area (Å²) in [6.45, 7) is 3.67. The first kappa shape index (κ1) is 12.8. The fourth-order valence-electron chi connectivity index (χ4n) is 2.27. The number of nitrogens with two attached hydrogens (primary N) is 1. The number of nitrogen functional groups attached to an aromatic ring is 1. The van der Waals surface area contributed by atoms with Crippen molar-refractivity contribution in [2.75, 3.05) is 18.9 Å². The maximum Gasteiger partial charge on any atom is 0.125 e. The van der Waals surface area contributed by atoms with E-state index in [2.05, 4.69) is 11.9 Å². The Labute approximate surface area is 120 Å². The lowest BCUT2D eigenvalue weighted by molar-refractivity contribution is 0.193. The van der Waals surface area contributed by atoms with Gasteiger partial charge in [0.1, 0.15) is 10.8 Å². The number of aryl methyl sites for hydroxylation is 1. The highest BCUT2D eigenvalue weighted by atomic mass is 35.5. The van der Waals surface area contributed by atoms with Crippen LogP contribution >= 0.6 is 22.9 Å². The van der Waals surface area contributed by atoms with E-state index < -0.39 is 0 Å². The molecule has 19 heavy (non-hydrogen) atoms. The summed E-state index contributed by atoms with van der Waals surface area (Å²) in [6, 6.07) is 1.77. The first-order valence-corrected chi connectivity index (χ1v) is 7.31. The highest BCUT2D eigenvalue weighted by Crippen LogP contribution is 2.37. The zero-order chi connectivity index (χ0) is 13.4. The third kappa shape index (κ3) is 2.45. The largest absolute Gasteiger partial charge is 0.384 e. The number of hydrogen-bond donors (Lipinski definition) is 1. The van der Waals surface area contributed by atoms with Gasteiger partial charge in [0.05, 0.1) is 17.3 Å². The van der Waals surface area contributed by atoms with Gasteiger partial charge in [-0.1, -0.05) is 11.6 Å². The fraction of sp³-hybridized carbons (Fsp3) is 0.385. The zero-order valence-electron chi connectivity index (χ0n) is 10.5. The molecule has 1 saturated heterocycles. The van der Waals surface area contributed by atoms with Gasteiger partial charge in [-0.3, -0.25) is 0 Å². The Morgan fingerprint density at radius 1 is 1.53 bits per heavy atom. The van der Waals surface area contributed by atoms with Crippen LogP contribution in [0.3, 0.4) is 0 Å². The molecule has 0 bridgehead atoms. The molecule has 4 nitrogen and oxygen atoms in total. The van der Waals surface area contributed by atoms with Gasteiger partial charge in [-0.05, 0) is 19.4 Å². The summed E-state index contributed by atoms with van der Waals surface area (Å²) in [7, 11) is 0. The summed E-state index contributed by atoms with van der Waals surface area (Å²) in [5, 5.41) is 1.48. The van der Waals surface area contributed by atoms with Crippen molar-refractivity contribution in [2.24, 2.45) is 0 Å². The van der Waals surface area contributed by atoms with Crippen molar-refractivity contribution in [3.05, 3.63) is 27.9 Å². The second-order valence-corrected chi connectivity index (χ2v) is 6.22. The number of anilines is 1. The van der Waals surface area contributed by atoms with Crippen molar-refractivity contribution in [1.82, 2.24) is 9.97 Å². The highest BCUT2D eigenvalue weighted by Gasteiger charge is 2.23. The van der Waals surface area contributed by atoms with E-state index in [-0.39, 0.29) is 0 Å². The molecule has 1 atom stereocenters. The number of thiazole rings is 1. The van der Waals surface area contributed by atoms with Crippen LogP contribution in [-0.4, -0.2) is 23.2 Å². The van der Waals surface area contributed by atoms with Gasteiger partial charge < -0.3 is 10.5 Å². The number of halogens is 1. The molecule has 3 heterocycles. The van der Waals surface area contributed by atoms with E-state index in [4.69, 9.17) is 27.1 Å². The monoisotopic (exact) mass is 295 g/mol. The predicted octanol–water partition coefficient (Wildman–Crippen LogP) is 3.25. The Morgan fingerprint density at radius 3 is 3.11 bits per heavy atom. The van der Waals surface area contributed by atoms with Crippen molar-refractivity contribution in [3.63, 3.8) is 0 Å². The molecule has 6 heteroatoms. The average molecular weight is 296 g/mol. The topological polar surface area (TPSA) is 61.0 Å². The van der Waals surface area contributed by atoms with Crippen LogP contribution < -0.4 is 5.73 Å². The molecule has 0 aromatic carbocycles. The lowest BCUT2D eigenvalue weighted by Crippen LogP contribution is -1.99. The Balaban J connectivity index is 2.01. The van der Waals surface area contributed by atoms with Crippen LogP contribution in [0.15, 0.2) is 12.3 Å². The average Bonchev–Trinajstić information content (AvgIpc) is 3.01. The van der Waals surface area contributed by atoms with E-state index in [1.54, 1.807) is 23.6 Å². The second-order valence-electron chi connectivity index (χ2n) is 4.61. The van der Waals surface area contributed by atoms with Gasteiger partial charge in [-0.25, -0.2) is 9.97 Å². The molecule has 0 radical (unpaired) electrons. The minimum atomic E-state index is 0.406. The molecule has 1 aliphatic rings. The summed E-state index contributed by atoms with van der Waals surface area (Å²) >= 11 is 7.82. The third-order valence-electron chi connectivity index (χ3n) is 3.26. The minimum Gasteiger partial charge on any atom is -0.384 e. The van der Waals surface area contributed by atoms with Crippen LogP contribution in [0.4, 0.5) is 5.82 Å². The van der Waals surface area contributed by atoms with Crippen LogP contribution in [-0.2, 0) is 4.74 Å². The number of hydrogen-bond acceptors (Lipinski definition) is 5. The Morgan fingerprint density at radius 2 is 2.37 bits per heavy atom. The van der Waals surface area contributed by atoms with E-state index in [1.165, 1.54) is 4.88 Å². The zero-order valence-corrected chi connectivity index (χ0v) is 12.1. The molecule has 0 aliphatic carbocycles. The van der Waals surface area contributed by atoms with Crippen molar-refractivity contribution in [2.45, 2.75) is 19.3 Å². The molecule has 0 spiro atoms. The molecule has 3 rings (SSSR count). The molecule has 2 aromatic heterocycles. The summed E-state index contributed by atoms with van der Waals surface area (Å²) in [5.74, 6) is 0.862. The van der Waals surface area contributed by atoms with Crippen molar-refractivity contribution in [1.29, 1.82) is 0 Å². The van der Waals surface area contributed by atoms with Crippen molar-refractivity contribution in [3.8, 4) is 10.6 Å². The number of nitrogens with zero attached hydrogens (tertiary/aromatic N) is 2. The Bertz CT molecular complexity index is 608. The van der Waals surface area contributed by atoms with Gasteiger partial charge in [-0.15, -0.1) is 11.3 Å². The standard InChI is InChI=1S/C13H14ClN3OS/c1-7-12(8-2-3-18-6-8)17-13(19-7)9-4-11(15)16-5-10(9)14/h4-5,8H,2-3,6H2,1H3,(H2,15,16). The Kier molecular flexibility index (Phi) is 3.43. The molecule has 0 saturated carbocycles. The molecular weight excluding hydrogens is 282 g/mol. The van der Waals surface area contributed by atoms with Crippen LogP contribution in [0.25, 0.3) is 10.6 Å². The highest BCUT2D eigenvalue weighted by molar-refractivity contribution is 7.15. The van der Waals surface area contributed by atoms with Gasteiger partial charge >= 0.3 is 0 Å². The molecule has 1 unspecified atom stereocenters. The normalized spacial score (nSPS) is 18.9. The molecular formula is C13H14ClN3OS. The minimum absolute atomic E-state index is 0.406. The van der Waals surface area contributed by atoms with Crippen LogP contribution in [0.1, 0.15) is 22.9 Å². The van der Waals surface area contributed by atoms with Gasteiger partial charge in [0.2, 0.25) is 0 Å². The lowest BCUT2D eigenvalue weighted by atomic mass is 10.0. The van der Waals surface area contributed by atoms with Crippen LogP contribution in [0.2, 0.25) is 5.02 Å².